The molecule has 0 saturated carbocycles. The van der Waals surface area contributed by atoms with Crippen molar-refractivity contribution in [3.63, 3.8) is 0 Å². The van der Waals surface area contributed by atoms with Crippen molar-refractivity contribution in [2.45, 2.75) is 58.0 Å². The van der Waals surface area contributed by atoms with Crippen molar-refractivity contribution in [2.24, 2.45) is 0 Å². The lowest BCUT2D eigenvalue weighted by molar-refractivity contribution is -0.137. The zero-order valence-electron chi connectivity index (χ0n) is 23.9. The van der Waals surface area contributed by atoms with Crippen LogP contribution in [0.1, 0.15) is 44.7 Å². The molecule has 2 aromatic heterocycles. The maximum absolute atomic E-state index is 13.6. The number of amides is 1. The zero-order chi connectivity index (χ0) is 30.1. The van der Waals surface area contributed by atoms with Crippen LogP contribution in [0.15, 0.2) is 60.9 Å². The Kier molecular flexibility index (Phi) is 7.98. The molecule has 0 unspecified atom stereocenters. The summed E-state index contributed by atoms with van der Waals surface area (Å²) in [6.07, 6.45) is -0.0244. The summed E-state index contributed by atoms with van der Waals surface area (Å²) in [4.78, 5) is 20.8. The SMILES string of the molecule is CN(c1nnc(-c2ccc(C(F)(F)F)cc2OCc2ccccc2)n2ccnc12)[C@@H]1CCCN(C(=O)OC(C)(C)C)C1. The van der Waals surface area contributed by atoms with E-state index in [0.29, 0.717) is 30.1 Å². The molecule has 0 N–H and O–H groups in total. The first-order valence-corrected chi connectivity index (χ1v) is 13.7. The van der Waals surface area contributed by atoms with Gasteiger partial charge in [-0.15, -0.1) is 10.2 Å². The standard InChI is InChI=1S/C30H33F3N6O3/c1-29(2,3)42-28(40)38-15-8-11-22(18-38)37(4)27-26-34-14-16-39(26)25(35-36-27)23-13-12-21(30(31,32)33)17-24(23)41-19-20-9-6-5-7-10-20/h5-7,9-10,12-14,16-17,22H,8,11,15,18-19H2,1-4H3/t22-/m1/s1. The van der Waals surface area contributed by atoms with Crippen LogP contribution in [0.2, 0.25) is 0 Å². The van der Waals surface area contributed by atoms with E-state index in [0.717, 1.165) is 30.5 Å². The molecular formula is C30H33F3N6O3. The highest BCUT2D eigenvalue weighted by molar-refractivity contribution is 5.72. The molecule has 1 fully saturated rings. The first-order chi connectivity index (χ1) is 19.9. The van der Waals surface area contributed by atoms with E-state index in [1.165, 1.54) is 6.07 Å². The Balaban J connectivity index is 1.46. The molecule has 2 aromatic carbocycles. The van der Waals surface area contributed by atoms with Crippen LogP contribution in [0.3, 0.4) is 0 Å². The third-order valence-electron chi connectivity index (χ3n) is 7.03. The van der Waals surface area contributed by atoms with Gasteiger partial charge in [-0.05, 0) is 57.4 Å². The molecule has 9 nitrogen and oxygen atoms in total. The molecule has 1 atom stereocenters. The number of rotatable bonds is 6. The van der Waals surface area contributed by atoms with Gasteiger partial charge in [0.15, 0.2) is 17.3 Å². The second-order valence-electron chi connectivity index (χ2n) is 11.3. The fourth-order valence-electron chi connectivity index (χ4n) is 4.91. The zero-order valence-corrected chi connectivity index (χ0v) is 23.9. The van der Waals surface area contributed by atoms with E-state index in [1.54, 1.807) is 21.7 Å². The number of nitrogens with zero attached hydrogens (tertiary/aromatic N) is 6. The predicted molar refractivity (Wildman–Crippen MR) is 151 cm³/mol. The minimum Gasteiger partial charge on any atom is -0.488 e. The quantitative estimate of drug-likeness (QED) is 0.267. The third-order valence-corrected chi connectivity index (χ3v) is 7.03. The smallest absolute Gasteiger partial charge is 0.416 e. The Morgan fingerprint density at radius 3 is 2.57 bits per heavy atom. The predicted octanol–water partition coefficient (Wildman–Crippen LogP) is 6.22. The van der Waals surface area contributed by atoms with Gasteiger partial charge < -0.3 is 19.3 Å². The van der Waals surface area contributed by atoms with Crippen molar-refractivity contribution in [1.29, 1.82) is 0 Å². The maximum atomic E-state index is 13.6. The number of carbonyl (C=O) groups is 1. The fraction of sp³-hybridized carbons (Fsp3) is 0.400. The molecule has 1 saturated heterocycles. The van der Waals surface area contributed by atoms with Gasteiger partial charge in [0.25, 0.3) is 0 Å². The summed E-state index contributed by atoms with van der Waals surface area (Å²) in [5, 5.41) is 8.91. The van der Waals surface area contributed by atoms with Gasteiger partial charge >= 0.3 is 12.3 Å². The number of fused-ring (bicyclic) bond motifs is 1. The van der Waals surface area contributed by atoms with Gasteiger partial charge in [-0.3, -0.25) is 4.40 Å². The van der Waals surface area contributed by atoms with Gasteiger partial charge in [0, 0.05) is 38.6 Å². The maximum Gasteiger partial charge on any atom is 0.416 e. The number of ether oxygens (including phenoxy) is 2. The van der Waals surface area contributed by atoms with Crippen LogP contribution in [0.4, 0.5) is 23.8 Å². The lowest BCUT2D eigenvalue weighted by Gasteiger charge is -2.38. The molecule has 0 spiro atoms. The average molecular weight is 583 g/mol. The van der Waals surface area contributed by atoms with Crippen LogP contribution >= 0.6 is 0 Å². The van der Waals surface area contributed by atoms with E-state index < -0.39 is 17.3 Å². The summed E-state index contributed by atoms with van der Waals surface area (Å²) >= 11 is 0. The van der Waals surface area contributed by atoms with Crippen LogP contribution in [0.5, 0.6) is 5.75 Å². The molecule has 42 heavy (non-hydrogen) atoms. The second kappa shape index (κ2) is 11.5. The number of hydrogen-bond acceptors (Lipinski definition) is 7. The van der Waals surface area contributed by atoms with Crippen LogP contribution < -0.4 is 9.64 Å². The van der Waals surface area contributed by atoms with E-state index in [2.05, 4.69) is 15.2 Å². The van der Waals surface area contributed by atoms with Crippen LogP contribution in [-0.2, 0) is 17.5 Å². The Labute approximate surface area is 241 Å². The lowest BCUT2D eigenvalue weighted by Crippen LogP contribution is -2.50. The van der Waals surface area contributed by atoms with Gasteiger partial charge in [-0.25, -0.2) is 9.78 Å². The van der Waals surface area contributed by atoms with Gasteiger partial charge in [-0.1, -0.05) is 30.3 Å². The van der Waals surface area contributed by atoms with Crippen molar-refractivity contribution >= 4 is 17.6 Å². The number of halogens is 3. The minimum atomic E-state index is -4.54. The van der Waals surface area contributed by atoms with E-state index in [1.807, 2.05) is 63.1 Å². The molecule has 5 rings (SSSR count). The van der Waals surface area contributed by atoms with Crippen LogP contribution in [0, 0.1) is 0 Å². The van der Waals surface area contributed by atoms with Crippen molar-refractivity contribution in [1.82, 2.24) is 24.5 Å². The summed E-state index contributed by atoms with van der Waals surface area (Å²) in [7, 11) is 1.87. The first-order valence-electron chi connectivity index (χ1n) is 13.7. The summed E-state index contributed by atoms with van der Waals surface area (Å²) in [6, 6.07) is 12.4. The number of benzene rings is 2. The summed E-state index contributed by atoms with van der Waals surface area (Å²) in [6.45, 7) is 6.62. The average Bonchev–Trinajstić information content (AvgIpc) is 3.45. The van der Waals surface area contributed by atoms with E-state index in [-0.39, 0.29) is 30.3 Å². The van der Waals surface area contributed by atoms with Crippen molar-refractivity contribution < 1.29 is 27.4 Å². The van der Waals surface area contributed by atoms with Gasteiger partial charge in [0.05, 0.1) is 11.1 Å². The summed E-state index contributed by atoms with van der Waals surface area (Å²) in [5.74, 6) is 0.799. The molecule has 1 aliphatic heterocycles. The van der Waals surface area contributed by atoms with Gasteiger partial charge in [0.2, 0.25) is 0 Å². The summed E-state index contributed by atoms with van der Waals surface area (Å²) < 4.78 is 54.0. The molecule has 0 bridgehead atoms. The Morgan fingerprint density at radius 1 is 1.10 bits per heavy atom. The normalized spacial score (nSPS) is 16.0. The minimum absolute atomic E-state index is 0.0272. The number of likely N-dealkylation sites (tertiary alicyclic amines) is 1. The molecular weight excluding hydrogens is 549 g/mol. The highest BCUT2D eigenvalue weighted by atomic mass is 19.4. The van der Waals surface area contributed by atoms with Crippen molar-refractivity contribution in [3.8, 4) is 17.1 Å². The molecule has 4 aromatic rings. The summed E-state index contributed by atoms with van der Waals surface area (Å²) in [5.41, 5.74) is 0.210. The number of aromatic nitrogens is 4. The molecule has 222 valence electrons. The topological polar surface area (TPSA) is 85.1 Å². The Bertz CT molecular complexity index is 1550. The van der Waals surface area contributed by atoms with E-state index in [4.69, 9.17) is 9.47 Å². The Morgan fingerprint density at radius 2 is 1.86 bits per heavy atom. The second-order valence-corrected chi connectivity index (χ2v) is 11.3. The highest BCUT2D eigenvalue weighted by Crippen LogP contribution is 2.37. The van der Waals surface area contributed by atoms with Crippen LogP contribution in [-0.4, -0.2) is 62.4 Å². The molecule has 1 aliphatic rings. The lowest BCUT2D eigenvalue weighted by atomic mass is 10.0. The number of hydrogen-bond donors (Lipinski definition) is 0. The molecule has 1 amide bonds. The number of likely N-dealkylation sites (N-methyl/N-ethyl adjacent to an activating group) is 1. The first kappa shape index (κ1) is 29.2. The molecule has 3 heterocycles. The van der Waals surface area contributed by atoms with Gasteiger partial charge in [-0.2, -0.15) is 13.2 Å². The van der Waals surface area contributed by atoms with Gasteiger partial charge in [0.1, 0.15) is 18.0 Å². The van der Waals surface area contributed by atoms with Crippen LogP contribution in [0.25, 0.3) is 17.0 Å². The third kappa shape index (κ3) is 6.42. The molecule has 0 aliphatic carbocycles. The Hall–Kier alpha value is -4.35. The van der Waals surface area contributed by atoms with E-state index in [9.17, 15) is 18.0 Å². The van der Waals surface area contributed by atoms with Crippen molar-refractivity contribution in [2.75, 3.05) is 25.0 Å². The highest BCUT2D eigenvalue weighted by Gasteiger charge is 2.33. The fourth-order valence-corrected chi connectivity index (χ4v) is 4.91. The number of alkyl halides is 3. The number of imidazole rings is 1. The largest absolute Gasteiger partial charge is 0.488 e. The van der Waals surface area contributed by atoms with E-state index >= 15 is 0 Å². The van der Waals surface area contributed by atoms with Crippen molar-refractivity contribution in [3.05, 3.63) is 72.1 Å². The monoisotopic (exact) mass is 582 g/mol. The number of piperidine rings is 1. The molecule has 0 radical (unpaired) electrons. The number of carbonyl (C=O) groups excluding carboxylic acids is 1. The molecule has 12 heteroatoms. The number of anilines is 1.